The van der Waals surface area contributed by atoms with Gasteiger partial charge >= 0.3 is 6.18 Å². The van der Waals surface area contributed by atoms with Crippen LogP contribution in [0.25, 0.3) is 22.2 Å². The second-order valence-electron chi connectivity index (χ2n) is 8.90. The second kappa shape index (κ2) is 11.3. The topological polar surface area (TPSA) is 105 Å². The standard InChI is InChI=1S/C26H27F3N6O2/c1-16(2)23(25(36)32-7-5-26(27,28)29)35-19-8-18(11-31-12-19)22-14-34-24-21(22)9-20(13-33-24)37-15-17-4-3-6-30-10-17/h3-4,6,8-14,16,23,35H,5,7,15H2,1-2H3,(H,32,36)(H,33,34). The smallest absolute Gasteiger partial charge is 0.390 e. The number of hydrogen-bond acceptors (Lipinski definition) is 6. The summed E-state index contributed by atoms with van der Waals surface area (Å²) in [5.41, 5.74) is 3.77. The van der Waals surface area contributed by atoms with E-state index in [4.69, 9.17) is 4.74 Å². The van der Waals surface area contributed by atoms with E-state index in [0.717, 1.165) is 22.1 Å². The van der Waals surface area contributed by atoms with Crippen LogP contribution in [-0.2, 0) is 11.4 Å². The number of pyridine rings is 3. The molecule has 0 saturated heterocycles. The molecule has 0 aliphatic heterocycles. The number of fused-ring (bicyclic) bond motifs is 1. The minimum atomic E-state index is -4.33. The van der Waals surface area contributed by atoms with Gasteiger partial charge in [-0.15, -0.1) is 0 Å². The van der Waals surface area contributed by atoms with E-state index in [1.807, 2.05) is 44.3 Å². The molecule has 0 saturated carbocycles. The normalized spacial score (nSPS) is 12.5. The molecule has 1 amide bonds. The van der Waals surface area contributed by atoms with Crippen molar-refractivity contribution in [1.29, 1.82) is 0 Å². The Bertz CT molecular complexity index is 1340. The number of alkyl halides is 3. The van der Waals surface area contributed by atoms with E-state index in [-0.39, 0.29) is 5.92 Å². The van der Waals surface area contributed by atoms with E-state index < -0.39 is 31.1 Å². The lowest BCUT2D eigenvalue weighted by Gasteiger charge is -2.23. The molecule has 0 aromatic carbocycles. The molecule has 37 heavy (non-hydrogen) atoms. The minimum absolute atomic E-state index is 0.175. The van der Waals surface area contributed by atoms with Crippen LogP contribution in [-0.4, -0.2) is 44.6 Å². The molecule has 0 fully saturated rings. The number of aromatic amines is 1. The minimum Gasteiger partial charge on any atom is -0.487 e. The van der Waals surface area contributed by atoms with Crippen LogP contribution in [0.15, 0.2) is 61.4 Å². The van der Waals surface area contributed by atoms with Gasteiger partial charge in [0, 0.05) is 59.6 Å². The number of anilines is 1. The largest absolute Gasteiger partial charge is 0.487 e. The van der Waals surface area contributed by atoms with Crippen LogP contribution < -0.4 is 15.4 Å². The summed E-state index contributed by atoms with van der Waals surface area (Å²) in [5, 5.41) is 6.30. The molecule has 0 aliphatic carbocycles. The van der Waals surface area contributed by atoms with Crippen LogP contribution in [0.2, 0.25) is 0 Å². The number of aromatic nitrogens is 4. The van der Waals surface area contributed by atoms with Crippen molar-refractivity contribution in [3.05, 3.63) is 67.0 Å². The first-order valence-electron chi connectivity index (χ1n) is 11.7. The van der Waals surface area contributed by atoms with E-state index in [1.54, 1.807) is 31.0 Å². The summed E-state index contributed by atoms with van der Waals surface area (Å²) in [4.78, 5) is 28.5. The number of halogens is 3. The summed E-state index contributed by atoms with van der Waals surface area (Å²) in [7, 11) is 0. The molecule has 0 radical (unpaired) electrons. The molecule has 1 unspecified atom stereocenters. The number of carbonyl (C=O) groups excluding carboxylic acids is 1. The van der Waals surface area contributed by atoms with Crippen LogP contribution in [0.1, 0.15) is 25.8 Å². The van der Waals surface area contributed by atoms with Crippen molar-refractivity contribution in [2.75, 3.05) is 11.9 Å². The Labute approximate surface area is 211 Å². The van der Waals surface area contributed by atoms with Gasteiger partial charge < -0.3 is 20.4 Å². The molecular formula is C26H27F3N6O2. The first-order chi connectivity index (χ1) is 17.7. The number of H-pyrrole nitrogens is 1. The molecule has 4 aromatic rings. The van der Waals surface area contributed by atoms with Gasteiger partial charge in [-0.1, -0.05) is 19.9 Å². The summed E-state index contributed by atoms with van der Waals surface area (Å²) in [6.45, 7) is 3.51. The van der Waals surface area contributed by atoms with E-state index in [9.17, 15) is 18.0 Å². The molecule has 8 nitrogen and oxygen atoms in total. The lowest BCUT2D eigenvalue weighted by Crippen LogP contribution is -2.44. The molecule has 1 atom stereocenters. The monoisotopic (exact) mass is 512 g/mol. The van der Waals surface area contributed by atoms with Crippen LogP contribution in [0.5, 0.6) is 5.75 Å². The zero-order valence-electron chi connectivity index (χ0n) is 20.3. The van der Waals surface area contributed by atoms with Gasteiger partial charge in [0.05, 0.1) is 18.3 Å². The third-order valence-electron chi connectivity index (χ3n) is 5.66. The number of ether oxygens (including phenoxy) is 1. The van der Waals surface area contributed by atoms with Crippen molar-refractivity contribution >= 4 is 22.6 Å². The molecule has 4 aromatic heterocycles. The fourth-order valence-electron chi connectivity index (χ4n) is 3.77. The number of nitrogens with zero attached hydrogens (tertiary/aromatic N) is 3. The number of rotatable bonds is 10. The zero-order valence-corrected chi connectivity index (χ0v) is 20.3. The summed E-state index contributed by atoms with van der Waals surface area (Å²) >= 11 is 0. The van der Waals surface area contributed by atoms with Crippen LogP contribution >= 0.6 is 0 Å². The summed E-state index contributed by atoms with van der Waals surface area (Å²) in [6, 6.07) is 6.75. The lowest BCUT2D eigenvalue weighted by molar-refractivity contribution is -0.135. The molecule has 4 rings (SSSR count). The van der Waals surface area contributed by atoms with Gasteiger partial charge in [-0.3, -0.25) is 14.8 Å². The SMILES string of the molecule is CC(C)C(Nc1cncc(-c2c[nH]c3ncc(OCc4cccnc4)cc23)c1)C(=O)NCCC(F)(F)F. The average molecular weight is 513 g/mol. The maximum absolute atomic E-state index is 12.6. The highest BCUT2D eigenvalue weighted by atomic mass is 19.4. The number of nitrogens with one attached hydrogen (secondary N) is 3. The molecule has 11 heteroatoms. The second-order valence-corrected chi connectivity index (χ2v) is 8.90. The third-order valence-corrected chi connectivity index (χ3v) is 5.66. The van der Waals surface area contributed by atoms with E-state index in [1.165, 1.54) is 0 Å². The van der Waals surface area contributed by atoms with Gasteiger partial charge in [0.15, 0.2) is 0 Å². The Morgan fingerprint density at radius 3 is 2.70 bits per heavy atom. The van der Waals surface area contributed by atoms with Crippen LogP contribution in [0.3, 0.4) is 0 Å². The number of hydrogen-bond donors (Lipinski definition) is 3. The zero-order chi connectivity index (χ0) is 26.4. The van der Waals surface area contributed by atoms with Crippen molar-refractivity contribution in [3.63, 3.8) is 0 Å². The molecular weight excluding hydrogens is 485 g/mol. The first kappa shape index (κ1) is 25.9. The van der Waals surface area contributed by atoms with Gasteiger partial charge in [0.2, 0.25) is 5.91 Å². The fourth-order valence-corrected chi connectivity index (χ4v) is 3.77. The molecule has 0 aliphatic rings. The van der Waals surface area contributed by atoms with Gasteiger partial charge in [0.1, 0.15) is 24.0 Å². The Kier molecular flexibility index (Phi) is 7.90. The third kappa shape index (κ3) is 6.96. The Morgan fingerprint density at radius 2 is 1.97 bits per heavy atom. The van der Waals surface area contributed by atoms with Gasteiger partial charge in [-0.2, -0.15) is 13.2 Å². The number of amides is 1. The van der Waals surface area contributed by atoms with Gasteiger partial charge in [0.25, 0.3) is 0 Å². The summed E-state index contributed by atoms with van der Waals surface area (Å²) in [6.07, 6.45) is 4.73. The average Bonchev–Trinajstić information content (AvgIpc) is 3.29. The highest BCUT2D eigenvalue weighted by Crippen LogP contribution is 2.31. The fraction of sp³-hybridized carbons (Fsp3) is 0.308. The van der Waals surface area contributed by atoms with Crippen molar-refractivity contribution < 1.29 is 22.7 Å². The Hall–Kier alpha value is -4.15. The van der Waals surface area contributed by atoms with E-state index in [0.29, 0.717) is 23.7 Å². The first-order valence-corrected chi connectivity index (χ1v) is 11.7. The lowest BCUT2D eigenvalue weighted by atomic mass is 10.0. The summed E-state index contributed by atoms with van der Waals surface area (Å²) < 4.78 is 43.3. The van der Waals surface area contributed by atoms with E-state index in [2.05, 4.69) is 30.6 Å². The Balaban J connectivity index is 1.50. The van der Waals surface area contributed by atoms with Crippen molar-refractivity contribution in [2.24, 2.45) is 5.92 Å². The van der Waals surface area contributed by atoms with Crippen LogP contribution in [0.4, 0.5) is 18.9 Å². The maximum Gasteiger partial charge on any atom is 0.390 e. The molecule has 0 spiro atoms. The maximum atomic E-state index is 12.6. The van der Waals surface area contributed by atoms with Gasteiger partial charge in [-0.25, -0.2) is 4.98 Å². The predicted molar refractivity (Wildman–Crippen MR) is 134 cm³/mol. The summed E-state index contributed by atoms with van der Waals surface area (Å²) in [5.74, 6) is -0.0856. The quantitative estimate of drug-likeness (QED) is 0.273. The van der Waals surface area contributed by atoms with Crippen molar-refractivity contribution in [2.45, 2.75) is 39.1 Å². The van der Waals surface area contributed by atoms with Crippen molar-refractivity contribution in [1.82, 2.24) is 25.3 Å². The Morgan fingerprint density at radius 1 is 1.14 bits per heavy atom. The van der Waals surface area contributed by atoms with Crippen LogP contribution in [0, 0.1) is 5.92 Å². The molecule has 0 bridgehead atoms. The highest BCUT2D eigenvalue weighted by molar-refractivity contribution is 5.94. The van der Waals surface area contributed by atoms with Gasteiger partial charge in [-0.05, 0) is 24.1 Å². The molecule has 3 N–H and O–H groups in total. The predicted octanol–water partition coefficient (Wildman–Crippen LogP) is 5.10. The number of carbonyl (C=O) groups is 1. The highest BCUT2D eigenvalue weighted by Gasteiger charge is 2.28. The van der Waals surface area contributed by atoms with E-state index >= 15 is 0 Å². The van der Waals surface area contributed by atoms with Crippen molar-refractivity contribution in [3.8, 4) is 16.9 Å². The molecule has 194 valence electrons. The molecule has 4 heterocycles.